The van der Waals surface area contributed by atoms with Crippen molar-refractivity contribution in [2.45, 2.75) is 51.5 Å². The summed E-state index contributed by atoms with van der Waals surface area (Å²) in [5.41, 5.74) is 0.753. The van der Waals surface area contributed by atoms with E-state index in [9.17, 15) is 4.79 Å². The molecule has 17 heavy (non-hydrogen) atoms. The topological polar surface area (TPSA) is 62.2 Å². The first-order chi connectivity index (χ1) is 8.01. The number of nitrogens with zero attached hydrogens (tertiary/aromatic N) is 1. The average molecular weight is 254 g/mol. The molecule has 0 saturated heterocycles. The summed E-state index contributed by atoms with van der Waals surface area (Å²) in [5.74, 6) is -0.732. The summed E-state index contributed by atoms with van der Waals surface area (Å²) in [6.07, 6.45) is 4.24. The molecule has 1 aliphatic carbocycles. The molecule has 1 aromatic rings. The van der Waals surface area contributed by atoms with Crippen LogP contribution in [0.3, 0.4) is 0 Å². The molecule has 0 bridgehead atoms. The van der Waals surface area contributed by atoms with E-state index in [0.29, 0.717) is 0 Å². The molecule has 94 valence electrons. The third-order valence-corrected chi connectivity index (χ3v) is 4.44. The van der Waals surface area contributed by atoms with E-state index in [1.807, 2.05) is 13.8 Å². The zero-order valence-electron chi connectivity index (χ0n) is 10.2. The summed E-state index contributed by atoms with van der Waals surface area (Å²) in [6, 6.07) is 0. The second-order valence-electron chi connectivity index (χ2n) is 4.84. The van der Waals surface area contributed by atoms with Gasteiger partial charge in [-0.2, -0.15) is 0 Å². The largest absolute Gasteiger partial charge is 0.481 e. The van der Waals surface area contributed by atoms with Crippen molar-refractivity contribution in [2.75, 3.05) is 5.32 Å². The molecule has 4 nitrogen and oxygen atoms in total. The Morgan fingerprint density at radius 2 is 2.12 bits per heavy atom. The molecule has 1 heterocycles. The number of carboxylic acid groups (broad SMARTS) is 1. The highest BCUT2D eigenvalue weighted by Gasteiger charge is 2.36. The van der Waals surface area contributed by atoms with Crippen LogP contribution in [0.25, 0.3) is 0 Å². The predicted molar refractivity (Wildman–Crippen MR) is 68.7 cm³/mol. The second kappa shape index (κ2) is 4.64. The molecule has 1 fully saturated rings. The number of rotatable bonds is 4. The number of hydrogen-bond acceptors (Lipinski definition) is 4. The standard InChI is InChI=1S/C12H18N2O2S/c1-8-9(2)17-11(13-8)14-12(7-10(15)16)5-3-4-6-12/h3-7H2,1-2H3,(H,13,14)(H,15,16). The minimum atomic E-state index is -0.732. The van der Waals surface area contributed by atoms with Gasteiger partial charge >= 0.3 is 5.97 Å². The van der Waals surface area contributed by atoms with E-state index in [4.69, 9.17) is 5.11 Å². The third-order valence-electron chi connectivity index (χ3n) is 3.45. The van der Waals surface area contributed by atoms with Gasteiger partial charge in [0.1, 0.15) is 0 Å². The number of anilines is 1. The van der Waals surface area contributed by atoms with Crippen LogP contribution < -0.4 is 5.32 Å². The van der Waals surface area contributed by atoms with Gasteiger partial charge in [-0.3, -0.25) is 4.79 Å². The van der Waals surface area contributed by atoms with Gasteiger partial charge in [-0.15, -0.1) is 11.3 Å². The number of carbonyl (C=O) groups is 1. The number of aromatic nitrogens is 1. The van der Waals surface area contributed by atoms with E-state index < -0.39 is 5.97 Å². The molecule has 1 saturated carbocycles. The Balaban J connectivity index is 2.15. The van der Waals surface area contributed by atoms with Gasteiger partial charge in [0.2, 0.25) is 0 Å². The van der Waals surface area contributed by atoms with Crippen LogP contribution in [-0.2, 0) is 4.79 Å². The highest BCUT2D eigenvalue weighted by Crippen LogP contribution is 2.37. The zero-order chi connectivity index (χ0) is 12.5. The minimum absolute atomic E-state index is 0.185. The van der Waals surface area contributed by atoms with E-state index in [-0.39, 0.29) is 12.0 Å². The first kappa shape index (κ1) is 12.4. The van der Waals surface area contributed by atoms with E-state index >= 15 is 0 Å². The van der Waals surface area contributed by atoms with E-state index in [2.05, 4.69) is 10.3 Å². The van der Waals surface area contributed by atoms with Crippen molar-refractivity contribution in [1.82, 2.24) is 4.98 Å². The summed E-state index contributed by atoms with van der Waals surface area (Å²) < 4.78 is 0. The van der Waals surface area contributed by atoms with Crippen LogP contribution in [0.1, 0.15) is 42.7 Å². The van der Waals surface area contributed by atoms with Gasteiger partial charge in [0.25, 0.3) is 0 Å². The van der Waals surface area contributed by atoms with Crippen molar-refractivity contribution < 1.29 is 9.90 Å². The average Bonchev–Trinajstić information content (AvgIpc) is 2.75. The van der Waals surface area contributed by atoms with Crippen LogP contribution in [0.4, 0.5) is 5.13 Å². The third kappa shape index (κ3) is 2.77. The van der Waals surface area contributed by atoms with Crippen molar-refractivity contribution in [1.29, 1.82) is 0 Å². The van der Waals surface area contributed by atoms with Gasteiger partial charge < -0.3 is 10.4 Å². The van der Waals surface area contributed by atoms with Crippen molar-refractivity contribution in [2.24, 2.45) is 0 Å². The second-order valence-corrected chi connectivity index (χ2v) is 6.05. The first-order valence-corrected chi connectivity index (χ1v) is 6.76. The maximum absolute atomic E-state index is 11.0. The lowest BCUT2D eigenvalue weighted by Gasteiger charge is -2.28. The minimum Gasteiger partial charge on any atom is -0.481 e. The summed E-state index contributed by atoms with van der Waals surface area (Å²) in [5, 5.41) is 13.3. The number of aryl methyl sites for hydroxylation is 2. The van der Waals surface area contributed by atoms with Crippen molar-refractivity contribution >= 4 is 22.4 Å². The van der Waals surface area contributed by atoms with Crippen LogP contribution in [0.15, 0.2) is 0 Å². The summed E-state index contributed by atoms with van der Waals surface area (Å²) in [4.78, 5) is 16.6. The first-order valence-electron chi connectivity index (χ1n) is 5.95. The summed E-state index contributed by atoms with van der Waals surface area (Å²) in [6.45, 7) is 4.02. The lowest BCUT2D eigenvalue weighted by atomic mass is 9.93. The number of hydrogen-bond donors (Lipinski definition) is 2. The Bertz CT molecular complexity index is 403. The maximum Gasteiger partial charge on any atom is 0.305 e. The molecular formula is C12H18N2O2S. The van der Waals surface area contributed by atoms with E-state index in [1.54, 1.807) is 11.3 Å². The Morgan fingerprint density at radius 3 is 2.59 bits per heavy atom. The monoisotopic (exact) mass is 254 g/mol. The normalized spacial score (nSPS) is 18.2. The zero-order valence-corrected chi connectivity index (χ0v) is 11.1. The maximum atomic E-state index is 11.0. The van der Waals surface area contributed by atoms with Crippen LogP contribution in [0.2, 0.25) is 0 Å². The molecule has 0 aliphatic heterocycles. The summed E-state index contributed by atoms with van der Waals surface area (Å²) in [7, 11) is 0. The van der Waals surface area contributed by atoms with Gasteiger partial charge in [-0.1, -0.05) is 12.8 Å². The van der Waals surface area contributed by atoms with Crippen molar-refractivity contribution in [3.05, 3.63) is 10.6 Å². The quantitative estimate of drug-likeness (QED) is 0.867. The van der Waals surface area contributed by atoms with Gasteiger partial charge in [-0.25, -0.2) is 4.98 Å². The van der Waals surface area contributed by atoms with Gasteiger partial charge in [0.15, 0.2) is 5.13 Å². The Labute approximate surface area is 105 Å². The Morgan fingerprint density at radius 1 is 1.47 bits per heavy atom. The molecule has 0 radical (unpaired) electrons. The SMILES string of the molecule is Cc1nc(NC2(CC(=O)O)CCCC2)sc1C. The predicted octanol–water partition coefficient (Wildman–Crippen LogP) is 2.96. The van der Waals surface area contributed by atoms with Crippen molar-refractivity contribution in [3.63, 3.8) is 0 Å². The lowest BCUT2D eigenvalue weighted by Crippen LogP contribution is -2.37. The number of aliphatic carboxylic acids is 1. The molecule has 1 aliphatic rings. The van der Waals surface area contributed by atoms with Crippen molar-refractivity contribution in [3.8, 4) is 0 Å². The molecule has 0 unspecified atom stereocenters. The van der Waals surface area contributed by atoms with Gasteiger partial charge in [-0.05, 0) is 26.7 Å². The number of thiazole rings is 1. The van der Waals surface area contributed by atoms with Crippen LogP contribution in [0.5, 0.6) is 0 Å². The summed E-state index contributed by atoms with van der Waals surface area (Å²) >= 11 is 1.61. The molecule has 2 rings (SSSR count). The fourth-order valence-electron chi connectivity index (χ4n) is 2.44. The lowest BCUT2D eigenvalue weighted by molar-refractivity contribution is -0.138. The Hall–Kier alpha value is -1.10. The molecule has 0 atom stereocenters. The van der Waals surface area contributed by atoms with Crippen LogP contribution in [0, 0.1) is 13.8 Å². The Kier molecular flexibility index (Phi) is 3.38. The van der Waals surface area contributed by atoms with Crippen LogP contribution in [-0.4, -0.2) is 21.6 Å². The fraction of sp³-hybridized carbons (Fsp3) is 0.667. The van der Waals surface area contributed by atoms with E-state index in [0.717, 1.165) is 36.5 Å². The van der Waals surface area contributed by atoms with E-state index in [1.165, 1.54) is 4.88 Å². The molecule has 0 spiro atoms. The smallest absolute Gasteiger partial charge is 0.305 e. The highest BCUT2D eigenvalue weighted by atomic mass is 32.1. The van der Waals surface area contributed by atoms with Gasteiger partial charge in [0.05, 0.1) is 12.1 Å². The number of carboxylic acids is 1. The highest BCUT2D eigenvalue weighted by molar-refractivity contribution is 7.15. The molecular weight excluding hydrogens is 236 g/mol. The molecule has 0 aromatic carbocycles. The van der Waals surface area contributed by atoms with Crippen LogP contribution >= 0.6 is 11.3 Å². The number of nitrogens with one attached hydrogen (secondary N) is 1. The molecule has 1 aromatic heterocycles. The molecule has 5 heteroatoms. The fourth-order valence-corrected chi connectivity index (χ4v) is 3.37. The molecule has 0 amide bonds. The molecule has 2 N–H and O–H groups in total. The van der Waals surface area contributed by atoms with Gasteiger partial charge in [0, 0.05) is 10.4 Å².